The number of rotatable bonds is 9. The Labute approximate surface area is 234 Å². The van der Waals surface area contributed by atoms with Crippen molar-refractivity contribution in [2.75, 3.05) is 27.4 Å². The lowest BCUT2D eigenvalue weighted by Crippen LogP contribution is -2.46. The lowest BCUT2D eigenvalue weighted by Gasteiger charge is -2.31. The second-order valence-electron chi connectivity index (χ2n) is 10.5. The number of aromatic nitrogens is 1. The van der Waals surface area contributed by atoms with Gasteiger partial charge in [0.15, 0.2) is 5.96 Å². The zero-order valence-electron chi connectivity index (χ0n) is 23.3. The Morgan fingerprint density at radius 2 is 1.92 bits per heavy atom. The Hall–Kier alpha value is -3.49. The number of nitrogens with zero attached hydrogens (tertiary/aromatic N) is 3. The fourth-order valence-electron chi connectivity index (χ4n) is 4.09. The molecule has 1 atom stereocenters. The molecule has 0 aliphatic carbocycles. The minimum absolute atomic E-state index is 0.0122. The topological polar surface area (TPSA) is 90.0 Å². The van der Waals surface area contributed by atoms with E-state index in [1.54, 1.807) is 18.3 Å². The molecule has 3 aromatic rings. The maximum Gasteiger partial charge on any atom is 0.264 e. The zero-order valence-corrected chi connectivity index (χ0v) is 24.1. The lowest BCUT2D eigenvalue weighted by atomic mass is 9.92. The van der Waals surface area contributed by atoms with E-state index in [0.717, 1.165) is 18.1 Å². The molecule has 7 nitrogen and oxygen atoms in total. The number of ether oxygens (including phenoxy) is 2. The number of halogens is 2. The van der Waals surface area contributed by atoms with Gasteiger partial charge in [-0.15, -0.1) is 0 Å². The summed E-state index contributed by atoms with van der Waals surface area (Å²) in [5.74, 6) is -1.13. The number of amides is 1. The van der Waals surface area contributed by atoms with Crippen molar-refractivity contribution in [1.82, 2.24) is 9.88 Å². The SMILES string of the molecule is COC[C@H](c1ccc(Cl)c(-c2ncccc2C)c1)N(C(=O)c1ccc(OC)cc1F)C(N)=NCCC(C)(C)C. The zero-order chi connectivity index (χ0) is 28.7. The normalized spacial score (nSPS) is 12.8. The van der Waals surface area contributed by atoms with Crippen LogP contribution in [0.5, 0.6) is 5.75 Å². The molecule has 1 amide bonds. The van der Waals surface area contributed by atoms with Gasteiger partial charge in [-0.2, -0.15) is 0 Å². The van der Waals surface area contributed by atoms with Crippen LogP contribution in [0.4, 0.5) is 4.39 Å². The van der Waals surface area contributed by atoms with Gasteiger partial charge in [-0.3, -0.25) is 19.7 Å². The summed E-state index contributed by atoms with van der Waals surface area (Å²) in [4.78, 5) is 24.2. The van der Waals surface area contributed by atoms with Crippen molar-refractivity contribution in [3.63, 3.8) is 0 Å². The van der Waals surface area contributed by atoms with Crippen LogP contribution in [-0.4, -0.2) is 49.1 Å². The van der Waals surface area contributed by atoms with Gasteiger partial charge in [0.1, 0.15) is 11.6 Å². The van der Waals surface area contributed by atoms with Crippen LogP contribution in [0.2, 0.25) is 5.02 Å². The number of aliphatic imine (C=N–C) groups is 1. The Morgan fingerprint density at radius 1 is 1.18 bits per heavy atom. The molecule has 0 spiro atoms. The summed E-state index contributed by atoms with van der Waals surface area (Å²) in [7, 11) is 2.95. The summed E-state index contributed by atoms with van der Waals surface area (Å²) in [6.07, 6.45) is 2.44. The molecule has 208 valence electrons. The van der Waals surface area contributed by atoms with E-state index in [0.29, 0.717) is 34.1 Å². The smallest absolute Gasteiger partial charge is 0.264 e. The van der Waals surface area contributed by atoms with Crippen LogP contribution in [0.3, 0.4) is 0 Å². The average molecular weight is 555 g/mol. The fourth-order valence-corrected chi connectivity index (χ4v) is 4.30. The molecule has 0 fully saturated rings. The van der Waals surface area contributed by atoms with Crippen molar-refractivity contribution < 1.29 is 18.7 Å². The molecule has 0 aliphatic rings. The Bertz CT molecular complexity index is 1340. The van der Waals surface area contributed by atoms with Gasteiger partial charge in [-0.05, 0) is 60.2 Å². The summed E-state index contributed by atoms with van der Waals surface area (Å²) >= 11 is 6.58. The van der Waals surface area contributed by atoms with Gasteiger partial charge in [0, 0.05) is 36.5 Å². The predicted molar refractivity (Wildman–Crippen MR) is 154 cm³/mol. The van der Waals surface area contributed by atoms with Crippen molar-refractivity contribution in [3.05, 3.63) is 82.3 Å². The first-order chi connectivity index (χ1) is 18.5. The number of pyridine rings is 1. The maximum atomic E-state index is 15.1. The van der Waals surface area contributed by atoms with E-state index >= 15 is 4.39 Å². The van der Waals surface area contributed by atoms with Crippen molar-refractivity contribution in [2.24, 2.45) is 16.1 Å². The highest BCUT2D eigenvalue weighted by atomic mass is 35.5. The number of methoxy groups -OCH3 is 2. The van der Waals surface area contributed by atoms with Crippen molar-refractivity contribution in [1.29, 1.82) is 0 Å². The molecule has 1 aromatic heterocycles. The monoisotopic (exact) mass is 554 g/mol. The van der Waals surface area contributed by atoms with Gasteiger partial charge in [0.05, 0.1) is 31.0 Å². The van der Waals surface area contributed by atoms with Crippen LogP contribution in [-0.2, 0) is 4.74 Å². The molecule has 0 radical (unpaired) electrons. The highest BCUT2D eigenvalue weighted by molar-refractivity contribution is 6.33. The molecule has 9 heteroatoms. The molecular formula is C30H36ClFN4O3. The second-order valence-corrected chi connectivity index (χ2v) is 10.9. The molecule has 0 unspecified atom stereocenters. The third-order valence-corrected chi connectivity index (χ3v) is 6.61. The minimum atomic E-state index is -0.734. The van der Waals surface area contributed by atoms with Crippen LogP contribution >= 0.6 is 11.6 Å². The van der Waals surface area contributed by atoms with Crippen molar-refractivity contribution in [3.8, 4) is 17.0 Å². The van der Waals surface area contributed by atoms with Crippen LogP contribution < -0.4 is 10.5 Å². The van der Waals surface area contributed by atoms with E-state index < -0.39 is 17.8 Å². The van der Waals surface area contributed by atoms with Gasteiger partial charge in [0.25, 0.3) is 5.91 Å². The summed E-state index contributed by atoms with van der Waals surface area (Å²) in [6.45, 7) is 8.69. The van der Waals surface area contributed by atoms with Gasteiger partial charge in [0.2, 0.25) is 0 Å². The number of aryl methyl sites for hydroxylation is 1. The Kier molecular flexibility index (Phi) is 10.1. The fraction of sp³-hybridized carbons (Fsp3) is 0.367. The van der Waals surface area contributed by atoms with E-state index in [1.807, 2.05) is 25.1 Å². The largest absolute Gasteiger partial charge is 0.497 e. The second kappa shape index (κ2) is 13.0. The average Bonchev–Trinajstić information content (AvgIpc) is 2.88. The highest BCUT2D eigenvalue weighted by Crippen LogP contribution is 2.34. The number of guanidine groups is 1. The van der Waals surface area contributed by atoms with E-state index in [4.69, 9.17) is 26.8 Å². The van der Waals surface area contributed by atoms with Crippen LogP contribution in [0.15, 0.2) is 59.7 Å². The number of carbonyl (C=O) groups is 1. The number of hydrogen-bond donors (Lipinski definition) is 1. The summed E-state index contributed by atoms with van der Waals surface area (Å²) in [5.41, 5.74) is 9.35. The quantitative estimate of drug-likeness (QED) is 0.243. The van der Waals surface area contributed by atoms with Crippen LogP contribution in [0.1, 0.15) is 54.7 Å². The Balaban J connectivity index is 2.15. The maximum absolute atomic E-state index is 15.1. The molecular weight excluding hydrogens is 519 g/mol. The molecule has 2 N–H and O–H groups in total. The number of hydrogen-bond acceptors (Lipinski definition) is 5. The van der Waals surface area contributed by atoms with Gasteiger partial charge < -0.3 is 15.2 Å². The lowest BCUT2D eigenvalue weighted by molar-refractivity contribution is 0.0694. The summed E-state index contributed by atoms with van der Waals surface area (Å²) in [6, 6.07) is 12.5. The van der Waals surface area contributed by atoms with E-state index in [2.05, 4.69) is 30.7 Å². The van der Waals surface area contributed by atoms with Gasteiger partial charge in [-0.1, -0.05) is 44.5 Å². The van der Waals surface area contributed by atoms with Gasteiger partial charge in [-0.25, -0.2) is 4.39 Å². The van der Waals surface area contributed by atoms with Crippen molar-refractivity contribution in [2.45, 2.75) is 40.2 Å². The van der Waals surface area contributed by atoms with Crippen LogP contribution in [0.25, 0.3) is 11.3 Å². The molecule has 0 saturated heterocycles. The summed E-state index contributed by atoms with van der Waals surface area (Å²) in [5, 5.41) is 0.502. The number of carbonyl (C=O) groups excluding carboxylic acids is 1. The van der Waals surface area contributed by atoms with Crippen molar-refractivity contribution >= 4 is 23.5 Å². The summed E-state index contributed by atoms with van der Waals surface area (Å²) < 4.78 is 25.7. The molecule has 1 heterocycles. The third kappa shape index (κ3) is 7.55. The molecule has 0 aliphatic heterocycles. The first-order valence-corrected chi connectivity index (χ1v) is 13.0. The molecule has 0 saturated carbocycles. The number of benzene rings is 2. The first-order valence-electron chi connectivity index (χ1n) is 12.6. The van der Waals surface area contributed by atoms with E-state index in [9.17, 15) is 4.79 Å². The predicted octanol–water partition coefficient (Wildman–Crippen LogP) is 6.44. The van der Waals surface area contributed by atoms with Crippen LogP contribution in [0, 0.1) is 18.2 Å². The third-order valence-electron chi connectivity index (χ3n) is 6.28. The van der Waals surface area contributed by atoms with Gasteiger partial charge >= 0.3 is 0 Å². The molecule has 2 aromatic carbocycles. The first kappa shape index (κ1) is 30.1. The molecule has 0 bridgehead atoms. The molecule has 39 heavy (non-hydrogen) atoms. The van der Waals surface area contributed by atoms with E-state index in [-0.39, 0.29) is 23.5 Å². The highest BCUT2D eigenvalue weighted by Gasteiger charge is 2.32. The Morgan fingerprint density at radius 3 is 2.54 bits per heavy atom. The van der Waals surface area contributed by atoms with E-state index in [1.165, 1.54) is 31.3 Å². The minimum Gasteiger partial charge on any atom is -0.497 e. The number of nitrogens with two attached hydrogens (primary N) is 1. The standard InChI is InChI=1S/C30H36ClFN4O3/c1-19-8-7-14-34-27(19)23-16-20(9-12-24(23)31)26(18-38-5)36(29(33)35-15-13-30(2,3)4)28(37)22-11-10-21(39-6)17-25(22)32/h7-12,14,16-17,26H,13,15,18H2,1-6H3,(H2,33,35)/t26-/m1/s1. The molecule has 3 rings (SSSR count).